The van der Waals surface area contributed by atoms with Crippen molar-refractivity contribution in [2.75, 3.05) is 4.72 Å². The minimum atomic E-state index is -3.46. The van der Waals surface area contributed by atoms with Gasteiger partial charge in [-0.3, -0.25) is 4.72 Å². The molecule has 0 aliphatic heterocycles. The Morgan fingerprint density at radius 1 is 1.21 bits per heavy atom. The van der Waals surface area contributed by atoms with E-state index in [1.54, 1.807) is 17.5 Å². The van der Waals surface area contributed by atoms with E-state index >= 15 is 0 Å². The zero-order valence-corrected chi connectivity index (χ0v) is 12.7. The van der Waals surface area contributed by atoms with Gasteiger partial charge in [0.2, 0.25) is 0 Å². The van der Waals surface area contributed by atoms with Crippen LogP contribution < -0.4 is 4.72 Å². The summed E-state index contributed by atoms with van der Waals surface area (Å²) in [6, 6.07) is 3.34. The molecule has 1 N–H and O–H groups in total. The highest BCUT2D eigenvalue weighted by molar-refractivity contribution is 7.94. The van der Waals surface area contributed by atoms with Crippen LogP contribution in [0.5, 0.6) is 0 Å². The maximum absolute atomic E-state index is 12.1. The summed E-state index contributed by atoms with van der Waals surface area (Å²) < 4.78 is 27.1. The Morgan fingerprint density at radius 3 is 2.84 bits per heavy atom. The van der Waals surface area contributed by atoms with Crippen LogP contribution in [0.1, 0.15) is 29.8 Å². The molecule has 2 aromatic heterocycles. The van der Waals surface area contributed by atoms with Crippen molar-refractivity contribution in [2.45, 2.75) is 36.3 Å². The quantitative estimate of drug-likeness (QED) is 0.885. The lowest BCUT2D eigenvalue weighted by atomic mass is 10.2. The predicted octanol–water partition coefficient (Wildman–Crippen LogP) is 3.27. The highest BCUT2D eigenvalue weighted by Crippen LogP contribution is 2.30. The van der Waals surface area contributed by atoms with Crippen LogP contribution in [0.2, 0.25) is 0 Å². The number of thiophene rings is 1. The number of aryl methyl sites for hydroxylation is 2. The van der Waals surface area contributed by atoms with Crippen molar-refractivity contribution in [1.29, 1.82) is 0 Å². The van der Waals surface area contributed by atoms with Crippen LogP contribution in [-0.4, -0.2) is 13.4 Å². The van der Waals surface area contributed by atoms with Crippen LogP contribution in [0, 0.1) is 0 Å². The number of anilines is 1. The minimum Gasteiger partial charge on any atom is -0.254 e. The number of aromatic nitrogens is 1. The van der Waals surface area contributed by atoms with E-state index in [1.165, 1.54) is 40.4 Å². The maximum Gasteiger partial charge on any atom is 0.273 e. The molecule has 0 aromatic carbocycles. The fourth-order valence-electron chi connectivity index (χ4n) is 2.15. The van der Waals surface area contributed by atoms with E-state index in [1.807, 2.05) is 0 Å². The first-order valence-electron chi connectivity index (χ1n) is 6.20. The Labute approximate surface area is 120 Å². The summed E-state index contributed by atoms with van der Waals surface area (Å²) >= 11 is 2.69. The SMILES string of the molecule is O=S(=O)(Nc1nc2c(s1)CCCCC2)c1cccs1. The van der Waals surface area contributed by atoms with E-state index in [0.29, 0.717) is 9.34 Å². The van der Waals surface area contributed by atoms with Gasteiger partial charge < -0.3 is 0 Å². The van der Waals surface area contributed by atoms with Crippen molar-refractivity contribution in [1.82, 2.24) is 4.98 Å². The first kappa shape index (κ1) is 13.1. The van der Waals surface area contributed by atoms with Gasteiger partial charge in [-0.2, -0.15) is 0 Å². The normalized spacial score (nSPS) is 15.8. The van der Waals surface area contributed by atoms with Crippen LogP contribution in [0.4, 0.5) is 5.13 Å². The Bertz CT molecular complexity index is 636. The second kappa shape index (κ2) is 5.22. The Hall–Kier alpha value is -0.920. The molecule has 0 fully saturated rings. The molecule has 3 rings (SSSR count). The third-order valence-corrected chi connectivity index (χ3v) is 7.02. The lowest BCUT2D eigenvalue weighted by molar-refractivity contribution is 0.603. The van der Waals surface area contributed by atoms with Gasteiger partial charge >= 0.3 is 0 Å². The van der Waals surface area contributed by atoms with Crippen molar-refractivity contribution >= 4 is 37.8 Å². The van der Waals surface area contributed by atoms with E-state index in [9.17, 15) is 8.42 Å². The molecule has 0 saturated heterocycles. The number of fused-ring (bicyclic) bond motifs is 1. The van der Waals surface area contributed by atoms with Gasteiger partial charge in [0.1, 0.15) is 4.21 Å². The summed E-state index contributed by atoms with van der Waals surface area (Å²) in [5.74, 6) is 0. The van der Waals surface area contributed by atoms with Crippen LogP contribution in [-0.2, 0) is 22.9 Å². The molecule has 0 radical (unpaired) electrons. The zero-order chi connectivity index (χ0) is 13.3. The molecular formula is C12H14N2O2S3. The van der Waals surface area contributed by atoms with Gasteiger partial charge in [-0.25, -0.2) is 13.4 Å². The summed E-state index contributed by atoms with van der Waals surface area (Å²) in [5.41, 5.74) is 1.08. The van der Waals surface area contributed by atoms with Crippen molar-refractivity contribution in [3.63, 3.8) is 0 Å². The Balaban J connectivity index is 1.84. The molecular weight excluding hydrogens is 300 g/mol. The third kappa shape index (κ3) is 2.82. The van der Waals surface area contributed by atoms with Gasteiger partial charge in [-0.1, -0.05) is 12.5 Å². The molecule has 4 nitrogen and oxygen atoms in total. The molecule has 2 heterocycles. The van der Waals surface area contributed by atoms with Gasteiger partial charge in [0, 0.05) is 4.88 Å². The topological polar surface area (TPSA) is 59.1 Å². The van der Waals surface area contributed by atoms with E-state index in [-0.39, 0.29) is 0 Å². The third-order valence-electron chi connectivity index (χ3n) is 3.08. The largest absolute Gasteiger partial charge is 0.273 e. The van der Waals surface area contributed by atoms with E-state index in [4.69, 9.17) is 0 Å². The summed E-state index contributed by atoms with van der Waals surface area (Å²) in [7, 11) is -3.46. The first-order chi connectivity index (χ1) is 9.15. The van der Waals surface area contributed by atoms with Crippen LogP contribution in [0.3, 0.4) is 0 Å². The minimum absolute atomic E-state index is 0.331. The summed E-state index contributed by atoms with van der Waals surface area (Å²) in [5, 5.41) is 2.26. The standard InChI is InChI=1S/C12H14N2O2S3/c15-19(16,11-7-4-8-17-11)14-12-13-9-5-2-1-3-6-10(9)18-12/h4,7-8H,1-3,5-6H2,(H,13,14). The monoisotopic (exact) mass is 314 g/mol. The molecule has 2 aromatic rings. The van der Waals surface area contributed by atoms with E-state index in [2.05, 4.69) is 9.71 Å². The van der Waals surface area contributed by atoms with Crippen molar-refractivity contribution in [3.05, 3.63) is 28.1 Å². The highest BCUT2D eigenvalue weighted by atomic mass is 32.2. The average Bonchev–Trinajstić information content (AvgIpc) is 2.96. The maximum atomic E-state index is 12.1. The molecule has 7 heteroatoms. The van der Waals surface area contributed by atoms with Gasteiger partial charge in [-0.15, -0.1) is 22.7 Å². The van der Waals surface area contributed by atoms with Gasteiger partial charge in [0.15, 0.2) is 5.13 Å². The Kier molecular flexibility index (Phi) is 3.60. The van der Waals surface area contributed by atoms with Gasteiger partial charge in [0.25, 0.3) is 10.0 Å². The summed E-state index contributed by atoms with van der Waals surface area (Å²) in [4.78, 5) is 5.68. The summed E-state index contributed by atoms with van der Waals surface area (Å²) in [6.07, 6.45) is 5.54. The molecule has 102 valence electrons. The van der Waals surface area contributed by atoms with Crippen molar-refractivity contribution in [2.24, 2.45) is 0 Å². The van der Waals surface area contributed by atoms with Crippen molar-refractivity contribution in [3.8, 4) is 0 Å². The smallest absolute Gasteiger partial charge is 0.254 e. The fourth-order valence-corrected chi connectivity index (χ4v) is 5.43. The van der Waals surface area contributed by atoms with Gasteiger partial charge in [0.05, 0.1) is 5.69 Å². The lowest BCUT2D eigenvalue weighted by Gasteiger charge is -2.01. The van der Waals surface area contributed by atoms with Crippen LogP contribution in [0.15, 0.2) is 21.7 Å². The first-order valence-corrected chi connectivity index (χ1v) is 9.38. The molecule has 0 bridgehead atoms. The van der Waals surface area contributed by atoms with E-state index in [0.717, 1.165) is 25.0 Å². The molecule has 0 saturated carbocycles. The molecule has 0 atom stereocenters. The molecule has 0 amide bonds. The second-order valence-corrected chi connectivity index (χ2v) is 8.43. The van der Waals surface area contributed by atoms with Gasteiger partial charge in [-0.05, 0) is 37.1 Å². The van der Waals surface area contributed by atoms with Crippen LogP contribution >= 0.6 is 22.7 Å². The van der Waals surface area contributed by atoms with Crippen molar-refractivity contribution < 1.29 is 8.42 Å². The predicted molar refractivity (Wildman–Crippen MR) is 78.5 cm³/mol. The molecule has 1 aliphatic carbocycles. The summed E-state index contributed by atoms with van der Waals surface area (Å²) in [6.45, 7) is 0. The number of sulfonamides is 1. The number of rotatable bonds is 3. The average molecular weight is 314 g/mol. The number of nitrogens with one attached hydrogen (secondary N) is 1. The highest BCUT2D eigenvalue weighted by Gasteiger charge is 2.20. The number of hydrogen-bond acceptors (Lipinski definition) is 5. The van der Waals surface area contributed by atoms with E-state index < -0.39 is 10.0 Å². The Morgan fingerprint density at radius 2 is 2.05 bits per heavy atom. The molecule has 0 unspecified atom stereocenters. The molecule has 1 aliphatic rings. The van der Waals surface area contributed by atoms with Crippen LogP contribution in [0.25, 0.3) is 0 Å². The number of thiazole rings is 1. The second-order valence-electron chi connectivity index (χ2n) is 4.49. The lowest BCUT2D eigenvalue weighted by Crippen LogP contribution is -2.11. The number of hydrogen-bond donors (Lipinski definition) is 1. The zero-order valence-electron chi connectivity index (χ0n) is 10.3. The molecule has 0 spiro atoms. The fraction of sp³-hybridized carbons (Fsp3) is 0.417. The molecule has 19 heavy (non-hydrogen) atoms. The number of nitrogens with zero attached hydrogens (tertiary/aromatic N) is 1.